The highest BCUT2D eigenvalue weighted by Gasteiger charge is 2.19. The standard InChI is InChI=1S/C17H25N3O3/c1-13(21)20(15-8-6-14(7-9-15)19(2)3)12-17(22)18-11-16-5-4-10-23-16/h6-9,16H,4-5,10-12H2,1-3H3,(H,18,22). The molecule has 0 aliphatic carbocycles. The summed E-state index contributed by atoms with van der Waals surface area (Å²) in [7, 11) is 3.91. The van der Waals surface area contributed by atoms with E-state index in [9.17, 15) is 9.59 Å². The molecule has 2 rings (SSSR count). The Labute approximate surface area is 137 Å². The monoisotopic (exact) mass is 319 g/mol. The normalized spacial score (nSPS) is 16.9. The highest BCUT2D eigenvalue weighted by atomic mass is 16.5. The van der Waals surface area contributed by atoms with Crippen LogP contribution in [-0.4, -0.2) is 51.7 Å². The molecule has 0 radical (unpaired) electrons. The van der Waals surface area contributed by atoms with E-state index in [0.717, 1.165) is 30.8 Å². The van der Waals surface area contributed by atoms with Gasteiger partial charge in [0.15, 0.2) is 0 Å². The zero-order valence-electron chi connectivity index (χ0n) is 14.0. The van der Waals surface area contributed by atoms with Crippen LogP contribution in [0.1, 0.15) is 19.8 Å². The molecular weight excluding hydrogens is 294 g/mol. The fourth-order valence-corrected chi connectivity index (χ4v) is 2.55. The van der Waals surface area contributed by atoms with Gasteiger partial charge in [0.1, 0.15) is 6.54 Å². The van der Waals surface area contributed by atoms with Gasteiger partial charge in [0.25, 0.3) is 0 Å². The minimum atomic E-state index is -0.174. The molecule has 1 aromatic rings. The van der Waals surface area contributed by atoms with E-state index in [1.807, 2.05) is 43.3 Å². The Kier molecular flexibility index (Phi) is 5.98. The van der Waals surface area contributed by atoms with Crippen molar-refractivity contribution < 1.29 is 14.3 Å². The topological polar surface area (TPSA) is 61.9 Å². The highest BCUT2D eigenvalue weighted by molar-refractivity contribution is 5.97. The Hall–Kier alpha value is -2.08. The molecule has 1 aliphatic rings. The van der Waals surface area contributed by atoms with Gasteiger partial charge in [-0.25, -0.2) is 0 Å². The van der Waals surface area contributed by atoms with Gasteiger partial charge in [-0.2, -0.15) is 0 Å². The van der Waals surface area contributed by atoms with Gasteiger partial charge in [-0.15, -0.1) is 0 Å². The number of hydrogen-bond donors (Lipinski definition) is 1. The SMILES string of the molecule is CC(=O)N(CC(=O)NCC1CCCO1)c1ccc(N(C)C)cc1. The number of ether oxygens (including phenoxy) is 1. The molecule has 0 bridgehead atoms. The zero-order valence-corrected chi connectivity index (χ0v) is 14.0. The van der Waals surface area contributed by atoms with Gasteiger partial charge < -0.3 is 19.9 Å². The molecule has 1 fully saturated rings. The third-order valence-electron chi connectivity index (χ3n) is 3.91. The molecular formula is C17H25N3O3. The molecule has 126 valence electrons. The summed E-state index contributed by atoms with van der Waals surface area (Å²) in [4.78, 5) is 27.4. The first-order valence-electron chi connectivity index (χ1n) is 7.91. The number of carbonyl (C=O) groups excluding carboxylic acids is 2. The second-order valence-electron chi connectivity index (χ2n) is 5.96. The van der Waals surface area contributed by atoms with Crippen molar-refractivity contribution in [3.8, 4) is 0 Å². The van der Waals surface area contributed by atoms with Crippen molar-refractivity contribution in [3.63, 3.8) is 0 Å². The van der Waals surface area contributed by atoms with Crippen molar-refractivity contribution >= 4 is 23.2 Å². The van der Waals surface area contributed by atoms with Gasteiger partial charge >= 0.3 is 0 Å². The summed E-state index contributed by atoms with van der Waals surface area (Å²) in [6.45, 7) is 2.75. The Morgan fingerprint density at radius 2 is 1.87 bits per heavy atom. The molecule has 0 saturated carbocycles. The summed E-state index contributed by atoms with van der Waals surface area (Å²) in [5, 5.41) is 2.84. The van der Waals surface area contributed by atoms with Crippen LogP contribution in [0.2, 0.25) is 0 Å². The third-order valence-corrected chi connectivity index (χ3v) is 3.91. The van der Waals surface area contributed by atoms with Crippen molar-refractivity contribution in [2.45, 2.75) is 25.9 Å². The van der Waals surface area contributed by atoms with Gasteiger partial charge in [0, 0.05) is 45.5 Å². The van der Waals surface area contributed by atoms with E-state index in [-0.39, 0.29) is 24.5 Å². The molecule has 6 nitrogen and oxygen atoms in total. The van der Waals surface area contributed by atoms with E-state index in [1.54, 1.807) is 0 Å². The van der Waals surface area contributed by atoms with Crippen LogP contribution in [0.15, 0.2) is 24.3 Å². The molecule has 6 heteroatoms. The van der Waals surface area contributed by atoms with Crippen LogP contribution in [0.25, 0.3) is 0 Å². The molecule has 1 atom stereocenters. The zero-order chi connectivity index (χ0) is 16.8. The van der Waals surface area contributed by atoms with Gasteiger partial charge in [-0.1, -0.05) is 0 Å². The smallest absolute Gasteiger partial charge is 0.240 e. The lowest BCUT2D eigenvalue weighted by Gasteiger charge is -2.22. The number of amides is 2. The van der Waals surface area contributed by atoms with Crippen LogP contribution in [0.3, 0.4) is 0 Å². The van der Waals surface area contributed by atoms with Gasteiger partial charge in [0.05, 0.1) is 6.10 Å². The van der Waals surface area contributed by atoms with E-state index in [0.29, 0.717) is 6.54 Å². The number of benzene rings is 1. The van der Waals surface area contributed by atoms with Crippen LogP contribution in [0.5, 0.6) is 0 Å². The maximum Gasteiger partial charge on any atom is 0.240 e. The first-order valence-corrected chi connectivity index (χ1v) is 7.91. The molecule has 2 amide bonds. The first-order chi connectivity index (χ1) is 11.0. The van der Waals surface area contributed by atoms with Gasteiger partial charge in [-0.3, -0.25) is 9.59 Å². The number of hydrogen-bond acceptors (Lipinski definition) is 4. The molecule has 0 aromatic heterocycles. The molecule has 1 aromatic carbocycles. The predicted octanol–water partition coefficient (Wildman–Crippen LogP) is 1.40. The average Bonchev–Trinajstić information content (AvgIpc) is 3.04. The summed E-state index contributed by atoms with van der Waals surface area (Å²) in [6, 6.07) is 7.55. The Morgan fingerprint density at radius 1 is 1.22 bits per heavy atom. The molecule has 1 N–H and O–H groups in total. The van der Waals surface area contributed by atoms with Crippen LogP contribution < -0.4 is 15.1 Å². The second-order valence-corrected chi connectivity index (χ2v) is 5.96. The molecule has 0 spiro atoms. The summed E-state index contributed by atoms with van der Waals surface area (Å²) in [5.41, 5.74) is 1.76. The summed E-state index contributed by atoms with van der Waals surface area (Å²) in [6.07, 6.45) is 2.12. The van der Waals surface area contributed by atoms with E-state index in [1.165, 1.54) is 11.8 Å². The lowest BCUT2D eigenvalue weighted by atomic mass is 10.2. The maximum atomic E-state index is 12.1. The number of anilines is 2. The van der Waals surface area contributed by atoms with Crippen molar-refractivity contribution in [2.75, 3.05) is 43.6 Å². The molecule has 23 heavy (non-hydrogen) atoms. The van der Waals surface area contributed by atoms with E-state index >= 15 is 0 Å². The van der Waals surface area contributed by atoms with E-state index < -0.39 is 0 Å². The fourth-order valence-electron chi connectivity index (χ4n) is 2.55. The third kappa shape index (κ3) is 4.96. The number of nitrogens with one attached hydrogen (secondary N) is 1. The Balaban J connectivity index is 1.94. The highest BCUT2D eigenvalue weighted by Crippen LogP contribution is 2.19. The van der Waals surface area contributed by atoms with Crippen LogP contribution >= 0.6 is 0 Å². The molecule has 1 aliphatic heterocycles. The predicted molar refractivity (Wildman–Crippen MR) is 90.8 cm³/mol. The quantitative estimate of drug-likeness (QED) is 0.861. The average molecular weight is 319 g/mol. The number of nitrogens with zero attached hydrogens (tertiary/aromatic N) is 2. The van der Waals surface area contributed by atoms with E-state index in [2.05, 4.69) is 5.32 Å². The first kappa shape index (κ1) is 17.3. The molecule has 1 saturated heterocycles. The van der Waals surface area contributed by atoms with Crippen LogP contribution in [0.4, 0.5) is 11.4 Å². The minimum Gasteiger partial charge on any atom is -0.378 e. The summed E-state index contributed by atoms with van der Waals surface area (Å²) in [5.74, 6) is -0.331. The number of rotatable bonds is 6. The fraction of sp³-hybridized carbons (Fsp3) is 0.529. The van der Waals surface area contributed by atoms with Crippen molar-refractivity contribution in [1.29, 1.82) is 0 Å². The Bertz CT molecular complexity index is 537. The van der Waals surface area contributed by atoms with E-state index in [4.69, 9.17) is 4.74 Å². The lowest BCUT2D eigenvalue weighted by molar-refractivity contribution is -0.123. The Morgan fingerprint density at radius 3 is 2.39 bits per heavy atom. The number of carbonyl (C=O) groups is 2. The van der Waals surface area contributed by atoms with Gasteiger partial charge in [-0.05, 0) is 37.1 Å². The van der Waals surface area contributed by atoms with Crippen molar-refractivity contribution in [3.05, 3.63) is 24.3 Å². The minimum absolute atomic E-state index is 0.0172. The largest absolute Gasteiger partial charge is 0.378 e. The van der Waals surface area contributed by atoms with Crippen molar-refractivity contribution in [1.82, 2.24) is 5.32 Å². The van der Waals surface area contributed by atoms with Crippen LogP contribution in [-0.2, 0) is 14.3 Å². The van der Waals surface area contributed by atoms with Crippen LogP contribution in [0, 0.1) is 0 Å². The lowest BCUT2D eigenvalue weighted by Crippen LogP contribution is -2.42. The molecule has 1 unspecified atom stereocenters. The molecule has 1 heterocycles. The summed E-state index contributed by atoms with van der Waals surface area (Å²) >= 11 is 0. The second kappa shape index (κ2) is 7.97. The maximum absolute atomic E-state index is 12.1. The summed E-state index contributed by atoms with van der Waals surface area (Å²) < 4.78 is 5.48. The van der Waals surface area contributed by atoms with Crippen molar-refractivity contribution in [2.24, 2.45) is 0 Å². The van der Waals surface area contributed by atoms with Gasteiger partial charge in [0.2, 0.25) is 11.8 Å².